The van der Waals surface area contributed by atoms with E-state index in [0.29, 0.717) is 23.0 Å². The zero-order valence-corrected chi connectivity index (χ0v) is 20.3. The summed E-state index contributed by atoms with van der Waals surface area (Å²) < 4.78 is 12.6. The molecule has 4 fully saturated rings. The molecule has 0 spiro atoms. The van der Waals surface area contributed by atoms with Gasteiger partial charge < -0.3 is 14.8 Å². The summed E-state index contributed by atoms with van der Waals surface area (Å²) in [5.41, 5.74) is 0.465. The smallest absolute Gasteiger partial charge is 0.338 e. The van der Waals surface area contributed by atoms with Crippen molar-refractivity contribution in [1.29, 1.82) is 0 Å². The zero-order chi connectivity index (χ0) is 23.9. The second-order valence-corrected chi connectivity index (χ2v) is 12.0. The van der Waals surface area contributed by atoms with Gasteiger partial charge in [0, 0.05) is 21.9 Å². The average Bonchev–Trinajstić information content (AvgIpc) is 3.44. The molecule has 2 aromatic carbocycles. The Morgan fingerprint density at radius 2 is 1.09 bits per heavy atom. The lowest BCUT2D eigenvalue weighted by molar-refractivity contribution is -0.141. The van der Waals surface area contributed by atoms with Crippen LogP contribution in [0.5, 0.6) is 0 Å². The summed E-state index contributed by atoms with van der Waals surface area (Å²) >= 11 is 0. The van der Waals surface area contributed by atoms with E-state index in [0.717, 1.165) is 19.3 Å². The van der Waals surface area contributed by atoms with Gasteiger partial charge in [0.25, 0.3) is 0 Å². The van der Waals surface area contributed by atoms with E-state index in [-0.39, 0.29) is 33.8 Å². The molecule has 1 N–H and O–H groups in total. The molecule has 0 radical (unpaired) electrons. The average molecular weight is 460 g/mol. The van der Waals surface area contributed by atoms with E-state index >= 15 is 0 Å². The molecule has 2 aliphatic heterocycles. The van der Waals surface area contributed by atoms with Crippen LogP contribution in [0.15, 0.2) is 60.7 Å². The normalized spacial score (nSPS) is 43.5. The molecule has 2 aromatic rings. The van der Waals surface area contributed by atoms with Crippen molar-refractivity contribution in [2.45, 2.75) is 70.2 Å². The predicted molar refractivity (Wildman–Crippen MR) is 128 cm³/mol. The van der Waals surface area contributed by atoms with Crippen LogP contribution in [0.4, 0.5) is 0 Å². The van der Waals surface area contributed by atoms with Gasteiger partial charge in [-0.1, -0.05) is 50.2 Å². The highest BCUT2D eigenvalue weighted by Gasteiger charge is 2.82. The second-order valence-electron chi connectivity index (χ2n) is 12.0. The fourth-order valence-corrected chi connectivity index (χ4v) is 8.91. The van der Waals surface area contributed by atoms with Crippen LogP contribution < -0.4 is 5.32 Å². The number of rotatable bonds is 4. The lowest BCUT2D eigenvalue weighted by atomic mass is 9.53. The summed E-state index contributed by atoms with van der Waals surface area (Å²) in [5, 5.41) is 3.96. The first-order chi connectivity index (χ1) is 16.1. The summed E-state index contributed by atoms with van der Waals surface area (Å²) in [6.45, 7) is 9.18. The maximum absolute atomic E-state index is 13.2. The third-order valence-electron chi connectivity index (χ3n) is 9.69. The second kappa shape index (κ2) is 6.94. The van der Waals surface area contributed by atoms with E-state index in [1.807, 2.05) is 36.4 Å². The zero-order valence-electron chi connectivity index (χ0n) is 20.3. The molecular formula is C29H33NO4. The lowest BCUT2D eigenvalue weighted by Crippen LogP contribution is -2.60. The predicted octanol–water partition coefficient (Wildman–Crippen LogP) is 5.01. The first kappa shape index (κ1) is 21.8. The van der Waals surface area contributed by atoms with Crippen LogP contribution in [0.2, 0.25) is 0 Å². The van der Waals surface area contributed by atoms with Crippen LogP contribution in [0.1, 0.15) is 67.7 Å². The van der Waals surface area contributed by atoms with Crippen LogP contribution >= 0.6 is 0 Å². The van der Waals surface area contributed by atoms with Crippen molar-refractivity contribution < 1.29 is 19.1 Å². The highest BCUT2D eigenvalue weighted by molar-refractivity contribution is 5.90. The standard InChI is InChI=1S/C29H33NO4/c1-26-17-27(2,21-20(26)28(3)15-16-29(21,4)30-28)23(34-25(32)19-13-9-6-10-14-19)22(26)33-24(31)18-11-7-5-8-12-18/h5-14,20-23,30H,15-17H2,1-4H3. The Balaban J connectivity index is 1.40. The molecule has 34 heavy (non-hydrogen) atoms. The molecule has 2 saturated carbocycles. The Labute approximate surface area is 201 Å². The van der Waals surface area contributed by atoms with Gasteiger partial charge in [0.05, 0.1) is 11.1 Å². The number of fused-ring (bicyclic) bond motifs is 9. The van der Waals surface area contributed by atoms with Crippen LogP contribution in [0.3, 0.4) is 0 Å². The molecule has 5 nitrogen and oxygen atoms in total. The lowest BCUT2D eigenvalue weighted by Gasteiger charge is -2.53. The molecule has 2 saturated heterocycles. The maximum Gasteiger partial charge on any atom is 0.338 e. The van der Waals surface area contributed by atoms with Crippen LogP contribution in [0.25, 0.3) is 0 Å². The minimum atomic E-state index is -0.499. The van der Waals surface area contributed by atoms with Gasteiger partial charge in [-0.15, -0.1) is 0 Å². The van der Waals surface area contributed by atoms with Gasteiger partial charge in [-0.05, 0) is 69.2 Å². The number of hydrogen-bond donors (Lipinski definition) is 1. The first-order valence-corrected chi connectivity index (χ1v) is 12.4. The van der Waals surface area contributed by atoms with Crippen molar-refractivity contribution in [3.63, 3.8) is 0 Å². The number of carbonyl (C=O) groups is 2. The molecule has 2 aliphatic carbocycles. The third-order valence-corrected chi connectivity index (χ3v) is 9.69. The Hall–Kier alpha value is -2.66. The SMILES string of the molecule is CC12CCC(C)(N1)C1C2C2(C)CC1(C)C(OC(=O)c1ccccc1)C2OC(=O)c1ccccc1. The minimum Gasteiger partial charge on any atom is -0.454 e. The van der Waals surface area contributed by atoms with E-state index < -0.39 is 12.2 Å². The van der Waals surface area contributed by atoms with Crippen molar-refractivity contribution in [1.82, 2.24) is 5.32 Å². The highest BCUT2D eigenvalue weighted by atomic mass is 16.6. The summed E-state index contributed by atoms with van der Waals surface area (Å²) in [4.78, 5) is 26.5. The van der Waals surface area contributed by atoms with E-state index in [4.69, 9.17) is 9.47 Å². The van der Waals surface area contributed by atoms with E-state index in [1.54, 1.807) is 24.3 Å². The van der Waals surface area contributed by atoms with E-state index in [1.165, 1.54) is 0 Å². The highest BCUT2D eigenvalue weighted by Crippen LogP contribution is 2.77. The van der Waals surface area contributed by atoms with Gasteiger partial charge in [0.15, 0.2) is 0 Å². The van der Waals surface area contributed by atoms with Gasteiger partial charge in [-0.3, -0.25) is 0 Å². The Morgan fingerprint density at radius 3 is 1.47 bits per heavy atom. The number of benzene rings is 2. The molecule has 5 heteroatoms. The molecule has 8 unspecified atom stereocenters. The topological polar surface area (TPSA) is 64.6 Å². The molecular weight excluding hydrogens is 426 g/mol. The quantitative estimate of drug-likeness (QED) is 0.651. The van der Waals surface area contributed by atoms with Crippen molar-refractivity contribution in [3.8, 4) is 0 Å². The fourth-order valence-electron chi connectivity index (χ4n) is 8.91. The van der Waals surface area contributed by atoms with Crippen LogP contribution in [0, 0.1) is 22.7 Å². The van der Waals surface area contributed by atoms with Gasteiger partial charge in [-0.25, -0.2) is 9.59 Å². The number of ether oxygens (including phenoxy) is 2. The number of nitrogens with one attached hydrogen (secondary N) is 1. The molecule has 0 aromatic heterocycles. The Kier molecular flexibility index (Phi) is 4.46. The van der Waals surface area contributed by atoms with Gasteiger partial charge in [0.2, 0.25) is 0 Å². The van der Waals surface area contributed by atoms with Gasteiger partial charge >= 0.3 is 11.9 Å². The van der Waals surface area contributed by atoms with Gasteiger partial charge in [0.1, 0.15) is 12.2 Å². The van der Waals surface area contributed by atoms with Crippen molar-refractivity contribution in [2.75, 3.05) is 0 Å². The maximum atomic E-state index is 13.2. The Bertz CT molecular complexity index is 1060. The van der Waals surface area contributed by atoms with Crippen molar-refractivity contribution in [3.05, 3.63) is 71.8 Å². The monoisotopic (exact) mass is 459 g/mol. The number of carbonyl (C=O) groups excluding carboxylic acids is 2. The summed E-state index contributed by atoms with van der Waals surface area (Å²) in [6.07, 6.45) is 2.11. The molecule has 178 valence electrons. The third kappa shape index (κ3) is 2.76. The van der Waals surface area contributed by atoms with Crippen LogP contribution in [-0.2, 0) is 9.47 Å². The van der Waals surface area contributed by atoms with E-state index in [9.17, 15) is 9.59 Å². The van der Waals surface area contributed by atoms with Crippen molar-refractivity contribution in [2.24, 2.45) is 22.7 Å². The molecule has 4 aliphatic rings. The van der Waals surface area contributed by atoms with Crippen molar-refractivity contribution >= 4 is 11.9 Å². The molecule has 2 heterocycles. The molecule has 8 atom stereocenters. The Morgan fingerprint density at radius 1 is 0.706 bits per heavy atom. The van der Waals surface area contributed by atoms with Crippen LogP contribution in [-0.4, -0.2) is 35.2 Å². The minimum absolute atomic E-state index is 0.00224. The number of esters is 2. The fraction of sp³-hybridized carbons (Fsp3) is 0.517. The summed E-state index contributed by atoms with van der Waals surface area (Å²) in [7, 11) is 0. The molecule has 4 bridgehead atoms. The summed E-state index contributed by atoms with van der Waals surface area (Å²) in [5.74, 6) is -0.00599. The molecule has 6 rings (SSSR count). The van der Waals surface area contributed by atoms with E-state index in [2.05, 4.69) is 33.0 Å². The first-order valence-electron chi connectivity index (χ1n) is 12.4. The largest absolute Gasteiger partial charge is 0.454 e. The molecule has 0 amide bonds. The summed E-state index contributed by atoms with van der Waals surface area (Å²) in [6, 6.07) is 18.2. The number of hydrogen-bond acceptors (Lipinski definition) is 5. The van der Waals surface area contributed by atoms with Gasteiger partial charge in [-0.2, -0.15) is 0 Å².